The van der Waals surface area contributed by atoms with E-state index in [0.717, 1.165) is 18.8 Å². The van der Waals surface area contributed by atoms with Crippen LogP contribution >= 0.6 is 0 Å². The third-order valence-corrected chi connectivity index (χ3v) is 736. The summed E-state index contributed by atoms with van der Waals surface area (Å²) in [7, 11) is -271. The van der Waals surface area contributed by atoms with E-state index in [1.165, 1.54) is 26.2 Å². The van der Waals surface area contributed by atoms with E-state index in [2.05, 4.69) is 13.2 Å². The maximum absolute atomic E-state index is 15.5. The third kappa shape index (κ3) is 31.1. The molecule has 0 spiro atoms. The van der Waals surface area contributed by atoms with E-state index >= 15 is 48.0 Å². The van der Waals surface area contributed by atoms with E-state index in [9.17, 15) is 175 Å². The van der Waals surface area contributed by atoms with Crippen LogP contribution in [-0.2, 0) is 98.8 Å². The van der Waals surface area contributed by atoms with Crippen LogP contribution in [0.25, 0.3) is 0 Å². The molecular formula is C10H155O68Si69. The molecule has 0 saturated heterocycles. The first-order chi connectivity index (χ1) is 69.4. The van der Waals surface area contributed by atoms with Crippen molar-refractivity contribution in [2.45, 2.75) is 39.3 Å². The molecule has 0 aromatic carbocycles. The first-order valence-electron chi connectivity index (χ1n) is 43.3. The van der Waals surface area contributed by atoms with E-state index in [-0.39, 0.29) is 0 Å². The second-order valence-electron chi connectivity index (χ2n) is 33.2. The molecule has 0 bridgehead atoms. The molecule has 0 aliphatic carbocycles. The van der Waals surface area contributed by atoms with E-state index in [4.69, 9.17) is 86.4 Å². The van der Waals surface area contributed by atoms with Crippen molar-refractivity contribution in [2.75, 3.05) is 0 Å². The van der Waals surface area contributed by atoms with Crippen LogP contribution in [-0.4, -0.2) is 812 Å². The molecule has 1 radical (unpaired) electrons. The highest BCUT2D eigenvalue weighted by Gasteiger charge is 3.09. The van der Waals surface area contributed by atoms with Gasteiger partial charge in [-0.15, -0.1) is 13.2 Å². The Morgan fingerprint density at radius 2 is 0.408 bits per heavy atom. The SMILES string of the molecule is C=C[SiH](O)[Si](O[SiH2]O)([SiH2]O)[Si](O[Si](O[SiH2]O)([SiH2]O)[SiH2]O)([Si](O[SiH2]O)([SiH2]O)[SiH2]O)[Si](O[Si](C)(C)O[Si](C)(C)C=C)(O[Si](O[Si](O[SiH2]O)([SiH2]O)[SiH2]O)([Si](O[SiH2]O)([SiH2]O)[SiH2]O)[Si](O[SiH2]O)([SiH2]O)[SiH2]O)[Si](O[Si](O[Si](O[Si](C)C)([SiH2]O)[SiH2]O)([Si](O[SiH2]O)([SiH2]O)[SiH2]O)[Si](O[SiH2]O)([SiH2]O)[SiH2]O)([Si](O[Si](O[SiH2]O)([SiH2]O)[SiH2]O)([Si](O[SiH2]O)([SiH2]O)[SiH2]O)[Si](O[SiH2]O)([SiH2]O)[SiH2]O)[Si](O[Si](O[SiH2]O)([SiH2]O)[SiH2]O)([Si](O[SiH2]O)([SiH2]O)[SiH2]O)[Si](O[SiH2]O)([SiH2]O)[SiH2]O. The number of hydrogen-bond donors (Lipinski definition) is 44. The molecule has 4 unspecified atom stereocenters. The van der Waals surface area contributed by atoms with Crippen molar-refractivity contribution >= 4 is 601 Å². The lowest BCUT2D eigenvalue weighted by atomic mass is 11.3. The topological polar surface area (TPSA) is 1110 Å². The smallest absolute Gasteiger partial charge is 0.338 e. The van der Waals surface area contributed by atoms with Gasteiger partial charge in [-0.25, -0.2) is 0 Å². The zero-order valence-corrected chi connectivity index (χ0v) is 168. The Morgan fingerprint density at radius 1 is 0.204 bits per heavy atom. The van der Waals surface area contributed by atoms with Crippen molar-refractivity contribution in [1.82, 2.24) is 0 Å². The van der Waals surface area contributed by atoms with Gasteiger partial charge in [0.1, 0.15) is 0 Å². The Kier molecular flexibility index (Phi) is 78.6. The zero-order valence-electron chi connectivity index (χ0n) is 81.5. The van der Waals surface area contributed by atoms with Crippen LogP contribution in [0.15, 0.2) is 24.6 Å². The van der Waals surface area contributed by atoms with E-state index in [1.807, 2.05) is 0 Å². The van der Waals surface area contributed by atoms with E-state index in [1.54, 1.807) is 0 Å². The lowest BCUT2D eigenvalue weighted by Crippen LogP contribution is -3.22. The summed E-state index contributed by atoms with van der Waals surface area (Å²) in [5.41, 5.74) is 1.54. The van der Waals surface area contributed by atoms with Crippen molar-refractivity contribution in [2.24, 2.45) is 0 Å². The van der Waals surface area contributed by atoms with E-state index in [0.29, 0.717) is 5.70 Å². The fourth-order valence-electron chi connectivity index (χ4n) is 17.9. The molecule has 0 aliphatic rings. The van der Waals surface area contributed by atoms with Gasteiger partial charge in [-0.2, -0.15) is 0 Å². The van der Waals surface area contributed by atoms with Gasteiger partial charge in [-0.1, -0.05) is 11.4 Å². The molecule has 0 heterocycles. The minimum atomic E-state index is -10.4. The minimum absolute atomic E-state index is 0.482. The lowest BCUT2D eigenvalue weighted by Gasteiger charge is -2.78. The highest BCUT2D eigenvalue weighted by atomic mass is 30.6. The molecule has 0 aromatic rings. The highest BCUT2D eigenvalue weighted by Crippen LogP contribution is 2.63. The largest absolute Gasteiger partial charge is 0.442 e. The predicted molar refractivity (Wildman–Crippen MR) is 698 cm³/mol. The molecule has 0 fully saturated rings. The number of hydrogen-bond acceptors (Lipinski definition) is 68. The van der Waals surface area contributed by atoms with Gasteiger partial charge in [-0.3, -0.25) is 0 Å². The first-order valence-corrected chi connectivity index (χ1v) is 213. The van der Waals surface area contributed by atoms with Crippen LogP contribution in [0.3, 0.4) is 0 Å². The molecular weight excluding hydrogens is 3150 g/mol. The van der Waals surface area contributed by atoms with Gasteiger partial charge >= 0.3 is 69.3 Å². The lowest BCUT2D eigenvalue weighted by molar-refractivity contribution is 0.291. The summed E-state index contributed by atoms with van der Waals surface area (Å²) < 4.78 is 184. The Balaban J connectivity index is 20.5. The average Bonchev–Trinajstić information content (AvgIpc) is 0.609. The Morgan fingerprint density at radius 3 is 0.605 bits per heavy atom. The first kappa shape index (κ1) is 159. The van der Waals surface area contributed by atoms with Crippen LogP contribution in [0.1, 0.15) is 0 Å². The standard InChI is InChI=1S/C10H155O68Si69/c1-9-123(54)143(121-53,68-92-24)144(138(111-43,112-44)63-87-19,74-127(95-27,96-28)56-80-12)133(71-125(7,8)70-124(5,6)10-2,77-131(134(103-35,104-36)59-83-15,135(105-37,106-38)60-84-16)72-126(93-25,94-26)55-79-11)145(146(139(113-45,114-46)64-88-20,140(115-47,116-48)65-89-21)75-128(97-29,98-30)57-81-13,147(141(117-49,118-50)66-90-22,142(119-51,120-52)67-91-23)76-129(99-31,100-32)58-82-14)78-132(136(107-39,108-40)61-85-17,137(109-41,110-42)62-86-18)73-130(101-33,102-34)69-122(3)4/h9-54,123H,1-2,79-121H2,3-8H3. The molecule has 147 heavy (non-hydrogen) atoms. The zero-order chi connectivity index (χ0) is 114. The van der Waals surface area contributed by atoms with E-state index < -0.39 is 601 Å². The molecule has 0 saturated carbocycles. The van der Waals surface area contributed by atoms with Gasteiger partial charge < -0.3 is 310 Å². The van der Waals surface area contributed by atoms with Crippen molar-refractivity contribution < 1.29 is 310 Å². The maximum Gasteiger partial charge on any atom is 0.338 e. The summed E-state index contributed by atoms with van der Waals surface area (Å²) >= 11 is 0. The van der Waals surface area contributed by atoms with Gasteiger partial charge in [0, 0.05) is 0 Å². The van der Waals surface area contributed by atoms with Crippen LogP contribution in [0.2, 0.25) is 39.3 Å². The normalized spacial score (nSPS) is 25.7. The van der Waals surface area contributed by atoms with Gasteiger partial charge in [0.05, 0.1) is 0 Å². The summed E-state index contributed by atoms with van der Waals surface area (Å²) in [6, 6.07) is 0. The molecule has 137 heteroatoms. The molecule has 68 nitrogen and oxygen atoms in total. The Labute approximate surface area is 962 Å². The quantitative estimate of drug-likeness (QED) is 0.0251. The maximum atomic E-state index is 15.5. The highest BCUT2D eigenvalue weighted by molar-refractivity contribution is 8.35. The number of rotatable bonds is 94. The van der Waals surface area contributed by atoms with Crippen molar-refractivity contribution in [3.63, 3.8) is 0 Å². The summed E-state index contributed by atoms with van der Waals surface area (Å²) in [5, 5.41) is 0. The Hall–Kier alpha value is 11.7. The monoisotopic (exact) mass is 3290 g/mol. The summed E-state index contributed by atoms with van der Waals surface area (Å²) in [6.07, 6.45) is 0. The molecule has 0 aromatic heterocycles. The van der Waals surface area contributed by atoms with Crippen molar-refractivity contribution in [1.29, 1.82) is 0 Å². The fraction of sp³-hybridized carbons (Fsp3) is 0.600. The molecule has 4 atom stereocenters. The summed E-state index contributed by atoms with van der Waals surface area (Å²) in [6.45, 7) is -97.4. The second kappa shape index (κ2) is 72.8. The fourth-order valence-corrected chi connectivity index (χ4v) is 1350. The van der Waals surface area contributed by atoms with Gasteiger partial charge in [0.2, 0.25) is 156 Å². The average molecular weight is 3300 g/mol. The van der Waals surface area contributed by atoms with Crippen molar-refractivity contribution in [3.8, 4) is 0 Å². The van der Waals surface area contributed by atoms with Crippen LogP contribution in [0.5, 0.6) is 0 Å². The molecule has 44 N–H and O–H groups in total. The molecule has 0 rings (SSSR count). The summed E-state index contributed by atoms with van der Waals surface area (Å²) in [5.74, 6) is 0. The minimum Gasteiger partial charge on any atom is -0.442 e. The van der Waals surface area contributed by atoms with Crippen LogP contribution in [0.4, 0.5) is 0 Å². The second-order valence-corrected chi connectivity index (χ2v) is 420. The van der Waals surface area contributed by atoms with Crippen molar-refractivity contribution in [3.05, 3.63) is 24.6 Å². The Bertz CT molecular complexity index is 3400. The van der Waals surface area contributed by atoms with Gasteiger partial charge in [-0.05, 0) is 39.3 Å². The van der Waals surface area contributed by atoms with Crippen LogP contribution in [0, 0.1) is 0 Å². The third-order valence-electron chi connectivity index (χ3n) is 24.8. The van der Waals surface area contributed by atoms with Gasteiger partial charge in [0.15, 0.2) is 194 Å². The predicted octanol–water partition coefficient (Wildman–Crippen LogP) is -70.9. The summed E-state index contributed by atoms with van der Waals surface area (Å²) in [4.78, 5) is 612. The molecule has 0 amide bonds. The van der Waals surface area contributed by atoms with Gasteiger partial charge in [0.25, 0.3) is 181 Å². The molecule has 0 aliphatic heterocycles. The molecule has 879 valence electrons. The van der Waals surface area contributed by atoms with Crippen LogP contribution < -0.4 is 0 Å².